The summed E-state index contributed by atoms with van der Waals surface area (Å²) in [6.45, 7) is 1.78. The van der Waals surface area contributed by atoms with Gasteiger partial charge in [0.15, 0.2) is 0 Å². The maximum Gasteiger partial charge on any atom is 0.337 e. The molecule has 2 heterocycles. The number of nitrogens with two attached hydrogens (primary N) is 1. The highest BCUT2D eigenvalue weighted by Gasteiger charge is 2.45. The Morgan fingerprint density at radius 2 is 1.95 bits per heavy atom. The lowest BCUT2D eigenvalue weighted by Crippen LogP contribution is -2.35. The standard InChI is InChI=1S/C27H23Cl2FN4O3/c1-12(31)21(25-32-18-9-6-13(27(36)37-2)10-20(18)33-25)22(16-4-3-5-17(29)24(16)30)23-15-8-7-14(28)11-19(15)34-26(23)35/h3-12,21-23H,31H2,1-2H3,(H,32,33)(H,34,35)/t12-,21+,22-,23+/m0/s1. The number of esters is 1. The first-order valence-corrected chi connectivity index (χ1v) is 12.3. The summed E-state index contributed by atoms with van der Waals surface area (Å²) < 4.78 is 20.4. The van der Waals surface area contributed by atoms with Gasteiger partial charge in [-0.25, -0.2) is 14.2 Å². The maximum absolute atomic E-state index is 15.6. The van der Waals surface area contributed by atoms with Gasteiger partial charge in [-0.05, 0) is 54.4 Å². The number of rotatable bonds is 6. The smallest absolute Gasteiger partial charge is 0.337 e. The molecule has 4 atom stereocenters. The predicted octanol–water partition coefficient (Wildman–Crippen LogP) is 5.75. The van der Waals surface area contributed by atoms with E-state index in [-0.39, 0.29) is 16.5 Å². The van der Waals surface area contributed by atoms with Gasteiger partial charge in [0.25, 0.3) is 0 Å². The van der Waals surface area contributed by atoms with Crippen LogP contribution in [0.15, 0.2) is 54.6 Å². The Kier molecular flexibility index (Phi) is 6.66. The van der Waals surface area contributed by atoms with Gasteiger partial charge in [0, 0.05) is 28.6 Å². The number of nitrogens with one attached hydrogen (secondary N) is 2. The van der Waals surface area contributed by atoms with Crippen molar-refractivity contribution in [1.29, 1.82) is 0 Å². The molecular weight excluding hydrogens is 518 g/mol. The lowest BCUT2D eigenvalue weighted by atomic mass is 9.71. The van der Waals surface area contributed by atoms with Gasteiger partial charge in [-0.2, -0.15) is 0 Å². The minimum atomic E-state index is -0.796. The lowest BCUT2D eigenvalue weighted by molar-refractivity contribution is -0.117. The Bertz CT molecular complexity index is 1540. The molecule has 0 spiro atoms. The fourth-order valence-electron chi connectivity index (χ4n) is 5.15. The Labute approximate surface area is 222 Å². The highest BCUT2D eigenvalue weighted by molar-refractivity contribution is 6.31. The Balaban J connectivity index is 1.71. The third-order valence-corrected chi connectivity index (χ3v) is 7.31. The van der Waals surface area contributed by atoms with Gasteiger partial charge in [-0.1, -0.05) is 41.4 Å². The number of fused-ring (bicyclic) bond motifs is 2. The molecular formula is C27H23Cl2FN4O3. The Morgan fingerprint density at radius 3 is 2.68 bits per heavy atom. The normalized spacial score (nSPS) is 17.2. The number of nitrogens with zero attached hydrogens (tertiary/aromatic N) is 1. The molecule has 0 bridgehead atoms. The zero-order valence-corrected chi connectivity index (χ0v) is 21.4. The fourth-order valence-corrected chi connectivity index (χ4v) is 5.50. The number of anilines is 1. The van der Waals surface area contributed by atoms with Crippen molar-refractivity contribution in [2.24, 2.45) is 5.73 Å². The monoisotopic (exact) mass is 540 g/mol. The first-order chi connectivity index (χ1) is 17.7. The minimum Gasteiger partial charge on any atom is -0.465 e. The highest BCUT2D eigenvalue weighted by atomic mass is 35.5. The van der Waals surface area contributed by atoms with E-state index in [2.05, 4.69) is 10.3 Å². The summed E-state index contributed by atoms with van der Waals surface area (Å²) in [5.41, 5.74) is 9.51. The van der Waals surface area contributed by atoms with E-state index in [0.717, 1.165) is 0 Å². The molecule has 4 N–H and O–H groups in total. The van der Waals surface area contributed by atoms with Crippen molar-refractivity contribution in [3.05, 3.63) is 93.0 Å². The number of aromatic nitrogens is 2. The first kappa shape index (κ1) is 25.2. The number of ether oxygens (including phenoxy) is 1. The molecule has 1 aliphatic heterocycles. The zero-order valence-electron chi connectivity index (χ0n) is 19.9. The number of carbonyl (C=O) groups is 2. The second-order valence-corrected chi connectivity index (χ2v) is 9.94. The molecule has 7 nitrogen and oxygen atoms in total. The number of aromatic amines is 1. The number of hydrogen-bond donors (Lipinski definition) is 3. The number of methoxy groups -OCH3 is 1. The Morgan fingerprint density at radius 1 is 1.16 bits per heavy atom. The average Bonchev–Trinajstić information content (AvgIpc) is 3.42. The van der Waals surface area contributed by atoms with E-state index in [1.807, 2.05) is 0 Å². The largest absolute Gasteiger partial charge is 0.465 e. The van der Waals surface area contributed by atoms with E-state index in [9.17, 15) is 9.59 Å². The van der Waals surface area contributed by atoms with Crippen LogP contribution in [0.5, 0.6) is 0 Å². The topological polar surface area (TPSA) is 110 Å². The molecule has 1 aliphatic rings. The quantitative estimate of drug-likeness (QED) is 0.270. The molecule has 190 valence electrons. The van der Waals surface area contributed by atoms with E-state index in [1.165, 1.54) is 13.2 Å². The van der Waals surface area contributed by atoms with E-state index < -0.39 is 35.6 Å². The number of halogens is 3. The summed E-state index contributed by atoms with van der Waals surface area (Å²) in [5, 5.41) is 3.27. The summed E-state index contributed by atoms with van der Waals surface area (Å²) in [6, 6.07) is 14.2. The van der Waals surface area contributed by atoms with Crippen molar-refractivity contribution in [2.75, 3.05) is 12.4 Å². The molecule has 10 heteroatoms. The number of amides is 1. The molecule has 3 aromatic carbocycles. The van der Waals surface area contributed by atoms with Gasteiger partial charge < -0.3 is 20.8 Å². The molecule has 5 rings (SSSR count). The van der Waals surface area contributed by atoms with Crippen LogP contribution in [0.4, 0.5) is 10.1 Å². The Hall–Kier alpha value is -3.46. The van der Waals surface area contributed by atoms with E-state index >= 15 is 4.39 Å². The molecule has 0 aliphatic carbocycles. The molecule has 0 fully saturated rings. The highest BCUT2D eigenvalue weighted by Crippen LogP contribution is 2.50. The van der Waals surface area contributed by atoms with Crippen LogP contribution in [0.3, 0.4) is 0 Å². The van der Waals surface area contributed by atoms with Gasteiger partial charge in [0.2, 0.25) is 5.91 Å². The SMILES string of the molecule is COC(=O)c1ccc2[nH]c([C@@H]([C@H](c3cccc(Cl)c3F)[C@@H]3C(=O)Nc4cc(Cl)ccc43)[C@H](C)N)nc2c1. The molecule has 1 amide bonds. The zero-order chi connectivity index (χ0) is 26.4. The molecule has 0 saturated heterocycles. The van der Waals surface area contributed by atoms with Crippen LogP contribution in [0.2, 0.25) is 10.0 Å². The minimum absolute atomic E-state index is 0.0621. The van der Waals surface area contributed by atoms with Crippen LogP contribution in [0.25, 0.3) is 11.0 Å². The summed E-state index contributed by atoms with van der Waals surface area (Å²) in [4.78, 5) is 33.4. The van der Waals surface area contributed by atoms with Crippen LogP contribution in [-0.2, 0) is 9.53 Å². The van der Waals surface area contributed by atoms with Crippen LogP contribution >= 0.6 is 23.2 Å². The summed E-state index contributed by atoms with van der Waals surface area (Å²) >= 11 is 12.4. The van der Waals surface area contributed by atoms with Crippen LogP contribution in [0.1, 0.15) is 52.0 Å². The summed E-state index contributed by atoms with van der Waals surface area (Å²) in [7, 11) is 1.30. The second kappa shape index (κ2) is 9.78. The molecule has 1 aromatic heterocycles. The van der Waals surface area contributed by atoms with E-state index in [4.69, 9.17) is 38.7 Å². The average molecular weight is 541 g/mol. The van der Waals surface area contributed by atoms with Crippen molar-refractivity contribution in [3.8, 4) is 0 Å². The number of H-pyrrole nitrogens is 1. The van der Waals surface area contributed by atoms with Gasteiger partial charge >= 0.3 is 5.97 Å². The van der Waals surface area contributed by atoms with E-state index in [1.54, 1.807) is 55.5 Å². The maximum atomic E-state index is 15.6. The molecule has 0 radical (unpaired) electrons. The van der Waals surface area contributed by atoms with Crippen LogP contribution in [0, 0.1) is 5.82 Å². The third kappa shape index (κ3) is 4.45. The van der Waals surface area contributed by atoms with Crippen molar-refractivity contribution in [3.63, 3.8) is 0 Å². The number of carbonyl (C=O) groups excluding carboxylic acids is 2. The van der Waals surface area contributed by atoms with Crippen molar-refractivity contribution in [1.82, 2.24) is 9.97 Å². The molecule has 0 saturated carbocycles. The van der Waals surface area contributed by atoms with Crippen molar-refractivity contribution < 1.29 is 18.7 Å². The predicted molar refractivity (Wildman–Crippen MR) is 141 cm³/mol. The first-order valence-electron chi connectivity index (χ1n) is 11.6. The molecule has 0 unspecified atom stereocenters. The van der Waals surface area contributed by atoms with Gasteiger partial charge in [0.1, 0.15) is 11.6 Å². The lowest BCUT2D eigenvalue weighted by Gasteiger charge is -2.33. The number of imidazole rings is 1. The summed E-state index contributed by atoms with van der Waals surface area (Å²) in [5.74, 6) is -3.19. The molecule has 37 heavy (non-hydrogen) atoms. The van der Waals surface area contributed by atoms with Crippen molar-refractivity contribution >= 4 is 51.8 Å². The van der Waals surface area contributed by atoms with Gasteiger partial charge in [-0.3, -0.25) is 4.79 Å². The van der Waals surface area contributed by atoms with Crippen LogP contribution in [-0.4, -0.2) is 35.0 Å². The summed E-state index contributed by atoms with van der Waals surface area (Å²) in [6.07, 6.45) is 0. The number of benzene rings is 3. The van der Waals surface area contributed by atoms with E-state index in [0.29, 0.717) is 38.7 Å². The number of hydrogen-bond acceptors (Lipinski definition) is 5. The second-order valence-electron chi connectivity index (χ2n) is 9.10. The molecule has 4 aromatic rings. The van der Waals surface area contributed by atoms with Crippen LogP contribution < -0.4 is 11.1 Å². The van der Waals surface area contributed by atoms with Crippen molar-refractivity contribution in [2.45, 2.75) is 30.7 Å². The van der Waals surface area contributed by atoms with Gasteiger partial charge in [0.05, 0.1) is 34.6 Å². The fraction of sp³-hybridized carbons (Fsp3) is 0.222. The third-order valence-electron chi connectivity index (χ3n) is 6.78. The van der Waals surface area contributed by atoms with Gasteiger partial charge in [-0.15, -0.1) is 0 Å².